The zero-order valence-corrected chi connectivity index (χ0v) is 9.08. The third-order valence-corrected chi connectivity index (χ3v) is 2.25. The van der Waals surface area contributed by atoms with Gasteiger partial charge in [-0.2, -0.15) is 0 Å². The molecule has 3 nitrogen and oxygen atoms in total. The number of ether oxygens (including phenoxy) is 1. The number of aromatic nitrogens is 1. The molecule has 0 fully saturated rings. The SMILES string of the molecule is CCC(C)(C)Oc1ccc(CN)nc1. The van der Waals surface area contributed by atoms with Gasteiger partial charge < -0.3 is 10.5 Å². The fourth-order valence-corrected chi connectivity index (χ4v) is 0.983. The molecule has 1 aromatic rings. The van der Waals surface area contributed by atoms with Gasteiger partial charge in [-0.3, -0.25) is 4.98 Å². The summed E-state index contributed by atoms with van der Waals surface area (Å²) in [6, 6.07) is 3.80. The Bertz CT molecular complexity index is 280. The van der Waals surface area contributed by atoms with Crippen molar-refractivity contribution in [3.8, 4) is 5.75 Å². The number of nitrogens with two attached hydrogens (primary N) is 1. The van der Waals surface area contributed by atoms with Crippen LogP contribution in [0.1, 0.15) is 32.9 Å². The van der Waals surface area contributed by atoms with E-state index in [1.54, 1.807) is 6.20 Å². The van der Waals surface area contributed by atoms with Gasteiger partial charge in [-0.15, -0.1) is 0 Å². The van der Waals surface area contributed by atoms with E-state index in [9.17, 15) is 0 Å². The number of hydrogen-bond donors (Lipinski definition) is 1. The monoisotopic (exact) mass is 194 g/mol. The Hall–Kier alpha value is -1.09. The molecule has 1 rings (SSSR count). The molecule has 2 N–H and O–H groups in total. The number of rotatable bonds is 4. The molecule has 0 aromatic carbocycles. The first-order chi connectivity index (χ1) is 6.57. The third-order valence-electron chi connectivity index (χ3n) is 2.25. The largest absolute Gasteiger partial charge is 0.486 e. The molecule has 0 aliphatic carbocycles. The Balaban J connectivity index is 2.69. The standard InChI is InChI=1S/C11H18N2O/c1-4-11(2,3)14-10-6-5-9(7-12)13-8-10/h5-6,8H,4,7,12H2,1-3H3. The first kappa shape index (κ1) is 11.0. The number of nitrogens with zero attached hydrogens (tertiary/aromatic N) is 1. The van der Waals surface area contributed by atoms with Gasteiger partial charge in [0.2, 0.25) is 0 Å². The molecule has 1 heterocycles. The summed E-state index contributed by atoms with van der Waals surface area (Å²) < 4.78 is 5.75. The highest BCUT2D eigenvalue weighted by molar-refractivity contribution is 5.20. The topological polar surface area (TPSA) is 48.1 Å². The molecule has 0 amide bonds. The second-order valence-electron chi connectivity index (χ2n) is 3.90. The average molecular weight is 194 g/mol. The zero-order chi connectivity index (χ0) is 10.6. The quantitative estimate of drug-likeness (QED) is 0.798. The number of pyridine rings is 1. The zero-order valence-electron chi connectivity index (χ0n) is 9.08. The second kappa shape index (κ2) is 4.42. The van der Waals surface area contributed by atoms with Crippen LogP contribution in [0, 0.1) is 0 Å². The lowest BCUT2D eigenvalue weighted by molar-refractivity contribution is 0.105. The van der Waals surface area contributed by atoms with E-state index in [1.165, 1.54) is 0 Å². The molecule has 0 unspecified atom stereocenters. The molecule has 0 spiro atoms. The van der Waals surface area contributed by atoms with Crippen LogP contribution in [0.3, 0.4) is 0 Å². The van der Waals surface area contributed by atoms with E-state index in [-0.39, 0.29) is 5.60 Å². The molecule has 0 aliphatic rings. The molecule has 0 saturated heterocycles. The van der Waals surface area contributed by atoms with Crippen LogP contribution in [0.15, 0.2) is 18.3 Å². The van der Waals surface area contributed by atoms with Gasteiger partial charge in [-0.1, -0.05) is 6.92 Å². The van der Waals surface area contributed by atoms with E-state index in [0.717, 1.165) is 17.9 Å². The molecule has 0 saturated carbocycles. The predicted octanol–water partition coefficient (Wildman–Crippen LogP) is 2.11. The van der Waals surface area contributed by atoms with Crippen LogP contribution in [0.5, 0.6) is 5.75 Å². The smallest absolute Gasteiger partial charge is 0.138 e. The van der Waals surface area contributed by atoms with Gasteiger partial charge in [0.05, 0.1) is 11.9 Å². The summed E-state index contributed by atoms with van der Waals surface area (Å²) in [4.78, 5) is 4.17. The Morgan fingerprint density at radius 1 is 1.43 bits per heavy atom. The van der Waals surface area contributed by atoms with Crippen molar-refractivity contribution < 1.29 is 4.74 Å². The molecule has 3 heteroatoms. The molecule has 0 aliphatic heterocycles. The Morgan fingerprint density at radius 2 is 2.14 bits per heavy atom. The first-order valence-electron chi connectivity index (χ1n) is 4.91. The van der Waals surface area contributed by atoms with Gasteiger partial charge in [0.25, 0.3) is 0 Å². The lowest BCUT2D eigenvalue weighted by Gasteiger charge is -2.24. The molecule has 14 heavy (non-hydrogen) atoms. The molecule has 0 bridgehead atoms. The third kappa shape index (κ3) is 3.00. The van der Waals surface area contributed by atoms with Gasteiger partial charge in [0.1, 0.15) is 11.4 Å². The van der Waals surface area contributed by atoms with E-state index < -0.39 is 0 Å². The average Bonchev–Trinajstić information content (AvgIpc) is 2.19. The maximum Gasteiger partial charge on any atom is 0.138 e. The summed E-state index contributed by atoms with van der Waals surface area (Å²) in [6.07, 6.45) is 2.69. The molecule has 0 radical (unpaired) electrons. The van der Waals surface area contributed by atoms with Crippen LogP contribution < -0.4 is 10.5 Å². The summed E-state index contributed by atoms with van der Waals surface area (Å²) in [7, 11) is 0. The highest BCUT2D eigenvalue weighted by Gasteiger charge is 2.16. The molecular weight excluding hydrogens is 176 g/mol. The lowest BCUT2D eigenvalue weighted by Crippen LogP contribution is -2.26. The molecular formula is C11H18N2O. The van der Waals surface area contributed by atoms with Crippen LogP contribution in [-0.2, 0) is 6.54 Å². The fourth-order valence-electron chi connectivity index (χ4n) is 0.983. The van der Waals surface area contributed by atoms with Gasteiger partial charge in [0.15, 0.2) is 0 Å². The lowest BCUT2D eigenvalue weighted by atomic mass is 10.1. The second-order valence-corrected chi connectivity index (χ2v) is 3.90. The highest BCUT2D eigenvalue weighted by atomic mass is 16.5. The van der Waals surface area contributed by atoms with Crippen LogP contribution in [0.4, 0.5) is 0 Å². The van der Waals surface area contributed by atoms with Crippen molar-refractivity contribution in [3.63, 3.8) is 0 Å². The van der Waals surface area contributed by atoms with E-state index in [4.69, 9.17) is 10.5 Å². The summed E-state index contributed by atoms with van der Waals surface area (Å²) in [5, 5.41) is 0. The van der Waals surface area contributed by atoms with Crippen LogP contribution >= 0.6 is 0 Å². The first-order valence-corrected chi connectivity index (χ1v) is 4.91. The maximum absolute atomic E-state index is 5.75. The Kier molecular flexibility index (Phi) is 3.47. The molecule has 0 atom stereocenters. The van der Waals surface area contributed by atoms with Crippen molar-refractivity contribution in [1.82, 2.24) is 4.98 Å². The normalized spacial score (nSPS) is 11.4. The van der Waals surface area contributed by atoms with Gasteiger partial charge in [-0.05, 0) is 32.4 Å². The Morgan fingerprint density at radius 3 is 2.57 bits per heavy atom. The van der Waals surface area contributed by atoms with Crippen LogP contribution in [0.25, 0.3) is 0 Å². The van der Waals surface area contributed by atoms with E-state index in [0.29, 0.717) is 6.54 Å². The van der Waals surface area contributed by atoms with Crippen molar-refractivity contribution in [3.05, 3.63) is 24.0 Å². The minimum atomic E-state index is -0.133. The highest BCUT2D eigenvalue weighted by Crippen LogP contribution is 2.19. The van der Waals surface area contributed by atoms with Crippen molar-refractivity contribution in [2.24, 2.45) is 5.73 Å². The van der Waals surface area contributed by atoms with Gasteiger partial charge in [0, 0.05) is 6.54 Å². The molecule has 1 aromatic heterocycles. The van der Waals surface area contributed by atoms with Crippen LogP contribution in [-0.4, -0.2) is 10.6 Å². The van der Waals surface area contributed by atoms with Crippen LogP contribution in [0.2, 0.25) is 0 Å². The minimum Gasteiger partial charge on any atom is -0.486 e. The van der Waals surface area contributed by atoms with Crippen molar-refractivity contribution in [2.45, 2.75) is 39.3 Å². The fraction of sp³-hybridized carbons (Fsp3) is 0.545. The molecule has 78 valence electrons. The van der Waals surface area contributed by atoms with E-state index >= 15 is 0 Å². The summed E-state index contributed by atoms with van der Waals surface area (Å²) >= 11 is 0. The Labute approximate surface area is 85.3 Å². The van der Waals surface area contributed by atoms with E-state index in [2.05, 4.69) is 25.8 Å². The van der Waals surface area contributed by atoms with Gasteiger partial charge >= 0.3 is 0 Å². The summed E-state index contributed by atoms with van der Waals surface area (Å²) in [5.41, 5.74) is 6.20. The predicted molar refractivity (Wildman–Crippen MR) is 57.1 cm³/mol. The van der Waals surface area contributed by atoms with Gasteiger partial charge in [-0.25, -0.2) is 0 Å². The minimum absolute atomic E-state index is 0.133. The van der Waals surface area contributed by atoms with Crippen molar-refractivity contribution in [1.29, 1.82) is 0 Å². The van der Waals surface area contributed by atoms with Crippen molar-refractivity contribution >= 4 is 0 Å². The van der Waals surface area contributed by atoms with Crippen molar-refractivity contribution in [2.75, 3.05) is 0 Å². The van der Waals surface area contributed by atoms with E-state index in [1.807, 2.05) is 12.1 Å². The number of hydrogen-bond acceptors (Lipinski definition) is 3. The summed E-state index contributed by atoms with van der Waals surface area (Å²) in [5.74, 6) is 0.800. The maximum atomic E-state index is 5.75. The summed E-state index contributed by atoms with van der Waals surface area (Å²) in [6.45, 7) is 6.69.